The van der Waals surface area contributed by atoms with E-state index in [9.17, 15) is 14.7 Å². The largest absolute Gasteiger partial charge is 0.490 e. The van der Waals surface area contributed by atoms with Crippen molar-refractivity contribution in [2.45, 2.75) is 84.3 Å². The first-order chi connectivity index (χ1) is 17.5. The Morgan fingerprint density at radius 2 is 1.68 bits per heavy atom. The second-order valence-corrected chi connectivity index (χ2v) is 11.0. The number of amides is 1. The van der Waals surface area contributed by atoms with E-state index in [0.717, 1.165) is 34.2 Å². The topological polar surface area (TPSA) is 95.9 Å². The third-order valence-electron chi connectivity index (χ3n) is 7.72. The molecule has 0 fully saturated rings. The molecule has 1 amide bonds. The number of carbonyl (C=O) groups excluding carboxylic acids is 1. The summed E-state index contributed by atoms with van der Waals surface area (Å²) in [6.45, 7) is 12.1. The van der Waals surface area contributed by atoms with Gasteiger partial charge in [-0.3, -0.25) is 9.59 Å². The third kappa shape index (κ3) is 5.99. The SMILES string of the molecule is CCC(O)(CC)COc1ccc(C(CC)(CC)c2cc3ccc(C(=O)NC(C)C(=O)O)cc3s2)cc1C. The van der Waals surface area contributed by atoms with Gasteiger partial charge in [-0.25, -0.2) is 0 Å². The van der Waals surface area contributed by atoms with E-state index in [1.165, 1.54) is 17.4 Å². The fraction of sp³-hybridized carbons (Fsp3) is 0.467. The predicted molar refractivity (Wildman–Crippen MR) is 150 cm³/mol. The highest BCUT2D eigenvalue weighted by Gasteiger charge is 2.33. The molecule has 3 N–H and O–H groups in total. The first kappa shape index (κ1) is 28.7. The number of carboxylic acid groups (broad SMARTS) is 1. The molecule has 200 valence electrons. The first-order valence-electron chi connectivity index (χ1n) is 13.1. The molecule has 0 saturated heterocycles. The average Bonchev–Trinajstić information content (AvgIpc) is 3.32. The van der Waals surface area contributed by atoms with Gasteiger partial charge in [0, 0.05) is 20.6 Å². The molecular weight excluding hydrogens is 486 g/mol. The van der Waals surface area contributed by atoms with Crippen molar-refractivity contribution in [3.8, 4) is 5.75 Å². The van der Waals surface area contributed by atoms with Crippen LogP contribution < -0.4 is 10.1 Å². The zero-order valence-corrected chi connectivity index (χ0v) is 23.5. The summed E-state index contributed by atoms with van der Waals surface area (Å²) in [6.07, 6.45) is 3.10. The Balaban J connectivity index is 1.93. The quantitative estimate of drug-likeness (QED) is 0.253. The van der Waals surface area contributed by atoms with Crippen LogP contribution in [0.15, 0.2) is 42.5 Å². The van der Waals surface area contributed by atoms with Crippen LogP contribution >= 0.6 is 11.3 Å². The lowest BCUT2D eigenvalue weighted by Gasteiger charge is -2.32. The van der Waals surface area contributed by atoms with Gasteiger partial charge < -0.3 is 20.3 Å². The van der Waals surface area contributed by atoms with Crippen LogP contribution in [0.1, 0.15) is 86.7 Å². The molecule has 0 aliphatic heterocycles. The smallest absolute Gasteiger partial charge is 0.325 e. The minimum atomic E-state index is -1.07. The van der Waals surface area contributed by atoms with Crippen molar-refractivity contribution in [2.75, 3.05) is 6.61 Å². The van der Waals surface area contributed by atoms with Crippen molar-refractivity contribution in [3.05, 3.63) is 64.0 Å². The van der Waals surface area contributed by atoms with Gasteiger partial charge in [0.15, 0.2) is 0 Å². The van der Waals surface area contributed by atoms with Crippen LogP contribution in [0.25, 0.3) is 10.1 Å². The molecule has 1 aromatic heterocycles. The Morgan fingerprint density at radius 3 is 2.24 bits per heavy atom. The molecule has 1 unspecified atom stereocenters. The molecule has 7 heteroatoms. The Labute approximate surface area is 223 Å². The highest BCUT2D eigenvalue weighted by Crippen LogP contribution is 2.45. The van der Waals surface area contributed by atoms with Crippen LogP contribution in [0.4, 0.5) is 0 Å². The molecule has 6 nitrogen and oxygen atoms in total. The van der Waals surface area contributed by atoms with Crippen LogP contribution in [0.2, 0.25) is 0 Å². The van der Waals surface area contributed by atoms with Crippen LogP contribution in [-0.2, 0) is 10.2 Å². The molecule has 0 radical (unpaired) electrons. The fourth-order valence-corrected chi connectivity index (χ4v) is 6.13. The number of carbonyl (C=O) groups is 2. The summed E-state index contributed by atoms with van der Waals surface area (Å²) in [4.78, 5) is 24.9. The molecule has 1 atom stereocenters. The van der Waals surface area contributed by atoms with E-state index >= 15 is 0 Å². The van der Waals surface area contributed by atoms with Gasteiger partial charge in [-0.05, 0) is 80.3 Å². The van der Waals surface area contributed by atoms with Crippen molar-refractivity contribution in [1.82, 2.24) is 5.32 Å². The van der Waals surface area contributed by atoms with E-state index in [4.69, 9.17) is 9.84 Å². The van der Waals surface area contributed by atoms with Crippen molar-refractivity contribution >= 4 is 33.3 Å². The van der Waals surface area contributed by atoms with Crippen LogP contribution in [0, 0.1) is 6.92 Å². The van der Waals surface area contributed by atoms with Crippen molar-refractivity contribution in [3.63, 3.8) is 0 Å². The molecule has 3 aromatic rings. The first-order valence-corrected chi connectivity index (χ1v) is 13.9. The van der Waals surface area contributed by atoms with E-state index in [1.54, 1.807) is 17.4 Å². The van der Waals surface area contributed by atoms with Gasteiger partial charge >= 0.3 is 5.97 Å². The summed E-state index contributed by atoms with van der Waals surface area (Å²) in [7, 11) is 0. The lowest BCUT2D eigenvalue weighted by Crippen LogP contribution is -2.38. The van der Waals surface area contributed by atoms with Crippen molar-refractivity contribution in [2.24, 2.45) is 0 Å². The van der Waals surface area contributed by atoms with E-state index < -0.39 is 23.5 Å². The van der Waals surface area contributed by atoms with E-state index in [2.05, 4.69) is 37.4 Å². The van der Waals surface area contributed by atoms with Gasteiger partial charge in [0.2, 0.25) is 0 Å². The van der Waals surface area contributed by atoms with Crippen LogP contribution in [0.3, 0.4) is 0 Å². The monoisotopic (exact) mass is 525 g/mol. The fourth-order valence-electron chi connectivity index (χ4n) is 4.67. The lowest BCUT2D eigenvalue weighted by molar-refractivity contribution is -0.138. The standard InChI is InChI=1S/C30H39NO5S/c1-7-29(35,8-2)18-36-24-14-13-23(15-19(24)5)30(9-3,10-4)26-17-21-11-12-22(16-25(21)37-26)27(32)31-20(6)28(33)34/h11-17,20,35H,7-10,18H2,1-6H3,(H,31,32)(H,33,34). The molecule has 0 spiro atoms. The number of ether oxygens (including phenoxy) is 1. The van der Waals surface area contributed by atoms with E-state index in [0.29, 0.717) is 18.4 Å². The summed E-state index contributed by atoms with van der Waals surface area (Å²) in [5.74, 6) is -0.678. The average molecular weight is 526 g/mol. The molecule has 2 aromatic carbocycles. The predicted octanol–water partition coefficient (Wildman–Crippen LogP) is 6.45. The number of carboxylic acids is 1. The number of hydrogen-bond donors (Lipinski definition) is 3. The van der Waals surface area contributed by atoms with Gasteiger partial charge in [0.05, 0.1) is 5.60 Å². The maximum atomic E-state index is 12.6. The summed E-state index contributed by atoms with van der Waals surface area (Å²) < 4.78 is 7.02. The number of hydrogen-bond acceptors (Lipinski definition) is 5. The number of thiophene rings is 1. The van der Waals surface area contributed by atoms with Crippen molar-refractivity contribution in [1.29, 1.82) is 0 Å². The molecule has 1 heterocycles. The van der Waals surface area contributed by atoms with E-state index in [1.807, 2.05) is 39.0 Å². The summed E-state index contributed by atoms with van der Waals surface area (Å²) in [6, 6.07) is 13.1. The molecular formula is C30H39NO5S. The molecule has 0 saturated carbocycles. The maximum absolute atomic E-state index is 12.6. The molecule has 0 aliphatic carbocycles. The highest BCUT2D eigenvalue weighted by atomic mass is 32.1. The Kier molecular flexibility index (Phi) is 9.03. The van der Waals surface area contributed by atoms with Gasteiger partial charge in [-0.1, -0.05) is 45.9 Å². The van der Waals surface area contributed by atoms with E-state index in [-0.39, 0.29) is 12.0 Å². The van der Waals surface area contributed by atoms with Crippen molar-refractivity contribution < 1.29 is 24.5 Å². The maximum Gasteiger partial charge on any atom is 0.325 e. The number of aryl methyl sites for hydroxylation is 1. The molecule has 37 heavy (non-hydrogen) atoms. The summed E-state index contributed by atoms with van der Waals surface area (Å²) >= 11 is 1.67. The van der Waals surface area contributed by atoms with Gasteiger partial charge in [-0.2, -0.15) is 0 Å². The second-order valence-electron chi connectivity index (χ2n) is 9.89. The van der Waals surface area contributed by atoms with Gasteiger partial charge in [0.25, 0.3) is 5.91 Å². The number of fused-ring (bicyclic) bond motifs is 1. The van der Waals surface area contributed by atoms with Crippen LogP contribution in [-0.4, -0.2) is 40.3 Å². The third-order valence-corrected chi connectivity index (χ3v) is 9.02. The zero-order valence-electron chi connectivity index (χ0n) is 22.7. The Bertz CT molecular complexity index is 1260. The summed E-state index contributed by atoms with van der Waals surface area (Å²) in [5.41, 5.74) is 1.68. The molecule has 3 rings (SSSR count). The zero-order chi connectivity index (χ0) is 27.4. The van der Waals surface area contributed by atoms with Crippen LogP contribution in [0.5, 0.6) is 5.75 Å². The molecule has 0 aliphatic rings. The normalized spacial score (nSPS) is 12.9. The minimum absolute atomic E-state index is 0.194. The molecule has 0 bridgehead atoms. The second kappa shape index (κ2) is 11.7. The highest BCUT2D eigenvalue weighted by molar-refractivity contribution is 7.19. The lowest BCUT2D eigenvalue weighted by atomic mass is 9.74. The number of benzene rings is 2. The van der Waals surface area contributed by atoms with Gasteiger partial charge in [-0.15, -0.1) is 11.3 Å². The Morgan fingerprint density at radius 1 is 1.00 bits per heavy atom. The summed E-state index contributed by atoms with van der Waals surface area (Å²) in [5, 5.41) is 23.3. The number of aliphatic hydroxyl groups is 1. The number of nitrogens with one attached hydrogen (secondary N) is 1. The Hall–Kier alpha value is -2.90. The number of aliphatic carboxylic acids is 1. The van der Waals surface area contributed by atoms with Gasteiger partial charge in [0.1, 0.15) is 18.4 Å². The minimum Gasteiger partial charge on any atom is -0.490 e. The number of rotatable bonds is 12.